The highest BCUT2D eigenvalue weighted by atomic mass is 16.5. The Morgan fingerprint density at radius 2 is 2.08 bits per heavy atom. The monoisotopic (exact) mass is 179 g/mol. The van der Waals surface area contributed by atoms with Crippen LogP contribution in [0.25, 0.3) is 0 Å². The fourth-order valence-corrected chi connectivity index (χ4v) is 0.956. The van der Waals surface area contributed by atoms with Gasteiger partial charge in [0.05, 0.1) is 0 Å². The molecule has 1 aromatic rings. The van der Waals surface area contributed by atoms with Crippen molar-refractivity contribution < 1.29 is 9.53 Å². The Hall–Kier alpha value is -1.22. The number of ether oxygens (including phenoxy) is 1. The lowest BCUT2D eigenvalue weighted by atomic mass is 10.4. The SMILES string of the molecule is C1CCOC1.O=Cc1ccccn1. The molecule has 1 aromatic heterocycles. The summed E-state index contributed by atoms with van der Waals surface area (Å²) in [5, 5.41) is 0. The molecule has 0 atom stereocenters. The minimum absolute atomic E-state index is 0.479. The van der Waals surface area contributed by atoms with Crippen molar-refractivity contribution in [1.29, 1.82) is 0 Å². The highest BCUT2D eigenvalue weighted by Gasteiger charge is 1.94. The van der Waals surface area contributed by atoms with Gasteiger partial charge in [-0.3, -0.25) is 9.78 Å². The first-order valence-corrected chi connectivity index (χ1v) is 4.37. The van der Waals surface area contributed by atoms with Gasteiger partial charge in [0.2, 0.25) is 0 Å². The second-order valence-corrected chi connectivity index (χ2v) is 2.69. The number of nitrogens with zero attached hydrogens (tertiary/aromatic N) is 1. The van der Waals surface area contributed by atoms with E-state index in [0.29, 0.717) is 5.69 Å². The van der Waals surface area contributed by atoms with Gasteiger partial charge in [-0.1, -0.05) is 6.07 Å². The quantitative estimate of drug-likeness (QED) is 0.616. The molecule has 0 bridgehead atoms. The Labute approximate surface area is 77.8 Å². The minimum Gasteiger partial charge on any atom is -0.381 e. The standard InChI is InChI=1S/C6H5NO.C4H8O/c8-5-6-3-1-2-4-7-6;1-2-4-5-3-1/h1-5H;1-4H2. The highest BCUT2D eigenvalue weighted by Crippen LogP contribution is 1.98. The second-order valence-electron chi connectivity index (χ2n) is 2.69. The van der Waals surface area contributed by atoms with Crippen LogP contribution in [-0.4, -0.2) is 24.5 Å². The number of pyridine rings is 1. The molecule has 13 heavy (non-hydrogen) atoms. The van der Waals surface area contributed by atoms with Gasteiger partial charge in [0.15, 0.2) is 6.29 Å². The molecule has 2 heterocycles. The molecule has 0 aliphatic carbocycles. The smallest absolute Gasteiger partial charge is 0.168 e. The second kappa shape index (κ2) is 6.31. The van der Waals surface area contributed by atoms with Crippen molar-refractivity contribution in [1.82, 2.24) is 4.98 Å². The molecule has 0 aromatic carbocycles. The van der Waals surface area contributed by atoms with Crippen molar-refractivity contribution in [3.05, 3.63) is 30.1 Å². The van der Waals surface area contributed by atoms with Gasteiger partial charge in [-0.2, -0.15) is 0 Å². The number of carbonyl (C=O) groups is 1. The van der Waals surface area contributed by atoms with E-state index in [9.17, 15) is 4.79 Å². The minimum atomic E-state index is 0.479. The molecule has 0 unspecified atom stereocenters. The normalized spacial score (nSPS) is 14.5. The van der Waals surface area contributed by atoms with Crippen molar-refractivity contribution in [3.63, 3.8) is 0 Å². The Bertz CT molecular complexity index is 224. The van der Waals surface area contributed by atoms with E-state index in [4.69, 9.17) is 4.74 Å². The average molecular weight is 179 g/mol. The average Bonchev–Trinajstić information content (AvgIpc) is 2.77. The fourth-order valence-electron chi connectivity index (χ4n) is 0.956. The predicted octanol–water partition coefficient (Wildman–Crippen LogP) is 1.69. The Kier molecular flexibility index (Phi) is 4.79. The molecular formula is C10H13NO2. The topological polar surface area (TPSA) is 39.2 Å². The van der Waals surface area contributed by atoms with Crippen molar-refractivity contribution in [2.75, 3.05) is 13.2 Å². The van der Waals surface area contributed by atoms with E-state index in [1.807, 2.05) is 0 Å². The number of hydrogen-bond acceptors (Lipinski definition) is 3. The van der Waals surface area contributed by atoms with Crippen LogP contribution >= 0.6 is 0 Å². The van der Waals surface area contributed by atoms with Crippen molar-refractivity contribution in [2.45, 2.75) is 12.8 Å². The van der Waals surface area contributed by atoms with Gasteiger partial charge in [0, 0.05) is 19.4 Å². The van der Waals surface area contributed by atoms with E-state index in [2.05, 4.69) is 4.98 Å². The van der Waals surface area contributed by atoms with Crippen LogP contribution in [0, 0.1) is 0 Å². The number of carbonyl (C=O) groups excluding carboxylic acids is 1. The molecule has 0 radical (unpaired) electrons. The summed E-state index contributed by atoms with van der Waals surface area (Å²) in [6.07, 6.45) is 4.86. The maximum absolute atomic E-state index is 9.94. The van der Waals surface area contributed by atoms with Crippen LogP contribution in [0.2, 0.25) is 0 Å². The van der Waals surface area contributed by atoms with Crippen LogP contribution in [0.5, 0.6) is 0 Å². The lowest BCUT2D eigenvalue weighted by Crippen LogP contribution is -1.80. The van der Waals surface area contributed by atoms with Gasteiger partial charge in [-0.05, 0) is 25.0 Å². The van der Waals surface area contributed by atoms with Crippen molar-refractivity contribution in [3.8, 4) is 0 Å². The molecule has 0 spiro atoms. The van der Waals surface area contributed by atoms with Crippen molar-refractivity contribution >= 4 is 6.29 Å². The summed E-state index contributed by atoms with van der Waals surface area (Å²) in [5.41, 5.74) is 0.479. The number of aldehydes is 1. The van der Waals surface area contributed by atoms with Crippen LogP contribution in [0.15, 0.2) is 24.4 Å². The number of rotatable bonds is 1. The Balaban J connectivity index is 0.000000145. The summed E-state index contributed by atoms with van der Waals surface area (Å²) >= 11 is 0. The molecule has 0 amide bonds. The van der Waals surface area contributed by atoms with Gasteiger partial charge >= 0.3 is 0 Å². The lowest BCUT2D eigenvalue weighted by molar-refractivity contribution is 0.111. The largest absolute Gasteiger partial charge is 0.381 e. The fraction of sp³-hybridized carbons (Fsp3) is 0.400. The van der Waals surface area contributed by atoms with Gasteiger partial charge in [-0.25, -0.2) is 0 Å². The summed E-state index contributed by atoms with van der Waals surface area (Å²) in [5.74, 6) is 0. The zero-order valence-electron chi connectivity index (χ0n) is 7.48. The molecule has 0 N–H and O–H groups in total. The zero-order valence-corrected chi connectivity index (χ0v) is 7.48. The summed E-state index contributed by atoms with van der Waals surface area (Å²) in [4.78, 5) is 13.7. The van der Waals surface area contributed by atoms with E-state index in [1.165, 1.54) is 12.8 Å². The molecule has 1 fully saturated rings. The summed E-state index contributed by atoms with van der Waals surface area (Å²) in [6.45, 7) is 2.00. The molecular weight excluding hydrogens is 166 g/mol. The van der Waals surface area contributed by atoms with Crippen LogP contribution in [0.4, 0.5) is 0 Å². The third-order valence-corrected chi connectivity index (χ3v) is 1.64. The molecule has 1 aliphatic rings. The molecule has 0 saturated carbocycles. The molecule has 2 rings (SSSR count). The van der Waals surface area contributed by atoms with Crippen LogP contribution < -0.4 is 0 Å². The molecule has 1 saturated heterocycles. The molecule has 3 heteroatoms. The maximum Gasteiger partial charge on any atom is 0.168 e. The van der Waals surface area contributed by atoms with E-state index in [0.717, 1.165) is 19.5 Å². The van der Waals surface area contributed by atoms with Gasteiger partial charge in [0.1, 0.15) is 5.69 Å². The van der Waals surface area contributed by atoms with Crippen LogP contribution in [0.1, 0.15) is 23.3 Å². The third-order valence-electron chi connectivity index (χ3n) is 1.64. The van der Waals surface area contributed by atoms with Gasteiger partial charge < -0.3 is 4.74 Å². The van der Waals surface area contributed by atoms with E-state index >= 15 is 0 Å². The van der Waals surface area contributed by atoms with E-state index in [-0.39, 0.29) is 0 Å². The van der Waals surface area contributed by atoms with E-state index in [1.54, 1.807) is 24.4 Å². The van der Waals surface area contributed by atoms with Gasteiger partial charge in [0.25, 0.3) is 0 Å². The third kappa shape index (κ3) is 4.38. The van der Waals surface area contributed by atoms with Crippen molar-refractivity contribution in [2.24, 2.45) is 0 Å². The predicted molar refractivity (Wildman–Crippen MR) is 49.7 cm³/mol. The van der Waals surface area contributed by atoms with Crippen LogP contribution in [0.3, 0.4) is 0 Å². The molecule has 70 valence electrons. The first-order chi connectivity index (χ1) is 6.43. The van der Waals surface area contributed by atoms with E-state index < -0.39 is 0 Å². The zero-order chi connectivity index (χ0) is 9.36. The lowest BCUT2D eigenvalue weighted by Gasteiger charge is -1.81. The summed E-state index contributed by atoms with van der Waals surface area (Å²) < 4.78 is 4.94. The number of aromatic nitrogens is 1. The van der Waals surface area contributed by atoms with Gasteiger partial charge in [-0.15, -0.1) is 0 Å². The highest BCUT2D eigenvalue weighted by molar-refractivity contribution is 5.71. The Morgan fingerprint density at radius 1 is 1.31 bits per heavy atom. The summed E-state index contributed by atoms with van der Waals surface area (Å²) in [7, 11) is 0. The maximum atomic E-state index is 9.94. The van der Waals surface area contributed by atoms with Crippen LogP contribution in [-0.2, 0) is 4.74 Å². The summed E-state index contributed by atoms with van der Waals surface area (Å²) in [6, 6.07) is 5.21. The molecule has 1 aliphatic heterocycles. The first kappa shape index (κ1) is 9.86. The number of hydrogen-bond donors (Lipinski definition) is 0. The molecule has 3 nitrogen and oxygen atoms in total. The first-order valence-electron chi connectivity index (χ1n) is 4.37. The Morgan fingerprint density at radius 3 is 2.38 bits per heavy atom.